The lowest BCUT2D eigenvalue weighted by atomic mass is 9.65. The van der Waals surface area contributed by atoms with E-state index >= 15 is 0 Å². The van der Waals surface area contributed by atoms with Crippen molar-refractivity contribution in [2.24, 2.45) is 16.7 Å². The fraction of sp³-hybridized carbons (Fsp3) is 1.00. The van der Waals surface area contributed by atoms with Crippen LogP contribution < -0.4 is 0 Å². The van der Waals surface area contributed by atoms with Gasteiger partial charge >= 0.3 is 0 Å². The van der Waals surface area contributed by atoms with Crippen LogP contribution in [-0.2, 0) is 0 Å². The molecule has 0 radical (unpaired) electrons. The highest BCUT2D eigenvalue weighted by molar-refractivity contribution is 5.09. The Morgan fingerprint density at radius 3 is 1.71 bits per heavy atom. The summed E-state index contributed by atoms with van der Waals surface area (Å²) in [5.74, 6) is -0.0509. The second-order valence-electron chi connectivity index (χ2n) is 6.36. The minimum absolute atomic E-state index is 0.0370. The summed E-state index contributed by atoms with van der Waals surface area (Å²) in [6.45, 7) is 12.3. The van der Waals surface area contributed by atoms with E-state index in [4.69, 9.17) is 0 Å². The normalized spacial score (nSPS) is 42.4. The molecule has 1 aliphatic rings. The van der Waals surface area contributed by atoms with Crippen molar-refractivity contribution < 1.29 is 10.2 Å². The van der Waals surface area contributed by atoms with Crippen LogP contribution in [0.15, 0.2) is 0 Å². The summed E-state index contributed by atoms with van der Waals surface area (Å²) >= 11 is 0. The summed E-state index contributed by atoms with van der Waals surface area (Å²) in [6.07, 6.45) is 0.296. The van der Waals surface area contributed by atoms with Gasteiger partial charge in [0.05, 0.1) is 11.7 Å². The van der Waals surface area contributed by atoms with Crippen LogP contribution in [-0.4, -0.2) is 21.9 Å². The second-order valence-corrected chi connectivity index (χ2v) is 6.36. The SMILES string of the molecule is C[C@@H](O)[C@H]1C(C)(C)C(C)(C)C[C@@]1(C)O. The first-order chi connectivity index (χ1) is 6.02. The van der Waals surface area contributed by atoms with E-state index in [2.05, 4.69) is 27.7 Å². The highest BCUT2D eigenvalue weighted by Gasteiger charge is 2.60. The predicted octanol–water partition coefficient (Wildman–Crippen LogP) is 2.19. The first-order valence-electron chi connectivity index (χ1n) is 5.43. The molecular weight excluding hydrogens is 176 g/mol. The van der Waals surface area contributed by atoms with Gasteiger partial charge in [0.15, 0.2) is 0 Å². The third kappa shape index (κ3) is 1.49. The zero-order valence-corrected chi connectivity index (χ0v) is 10.3. The van der Waals surface area contributed by atoms with Crippen molar-refractivity contribution in [1.29, 1.82) is 0 Å². The zero-order chi connectivity index (χ0) is 11.4. The van der Waals surface area contributed by atoms with Crippen molar-refractivity contribution in [3.05, 3.63) is 0 Å². The largest absolute Gasteiger partial charge is 0.393 e. The zero-order valence-electron chi connectivity index (χ0n) is 10.3. The number of aliphatic hydroxyl groups excluding tert-OH is 1. The van der Waals surface area contributed by atoms with Crippen molar-refractivity contribution in [3.63, 3.8) is 0 Å². The fourth-order valence-electron chi connectivity index (χ4n) is 3.55. The number of hydrogen-bond acceptors (Lipinski definition) is 2. The molecule has 2 N–H and O–H groups in total. The summed E-state index contributed by atoms with van der Waals surface area (Å²) in [7, 11) is 0. The Morgan fingerprint density at radius 2 is 1.57 bits per heavy atom. The molecule has 0 aromatic rings. The third-order valence-electron chi connectivity index (χ3n) is 4.47. The molecule has 0 saturated heterocycles. The topological polar surface area (TPSA) is 40.5 Å². The summed E-state index contributed by atoms with van der Waals surface area (Å²) < 4.78 is 0. The highest BCUT2D eigenvalue weighted by atomic mass is 16.3. The molecule has 1 aliphatic carbocycles. The third-order valence-corrected chi connectivity index (χ3v) is 4.47. The lowest BCUT2D eigenvalue weighted by molar-refractivity contribution is -0.0669. The van der Waals surface area contributed by atoms with Crippen LogP contribution in [0.5, 0.6) is 0 Å². The van der Waals surface area contributed by atoms with Crippen LogP contribution in [0, 0.1) is 16.7 Å². The Kier molecular flexibility index (Phi) is 2.53. The van der Waals surface area contributed by atoms with E-state index in [1.807, 2.05) is 6.92 Å². The first-order valence-corrected chi connectivity index (χ1v) is 5.43. The maximum atomic E-state index is 10.3. The van der Waals surface area contributed by atoms with Gasteiger partial charge in [-0.1, -0.05) is 27.7 Å². The monoisotopic (exact) mass is 200 g/mol. The second kappa shape index (κ2) is 2.96. The van der Waals surface area contributed by atoms with Crippen molar-refractivity contribution in [3.8, 4) is 0 Å². The van der Waals surface area contributed by atoms with Gasteiger partial charge < -0.3 is 10.2 Å². The van der Waals surface area contributed by atoms with Gasteiger partial charge in [-0.3, -0.25) is 0 Å². The van der Waals surface area contributed by atoms with Crippen molar-refractivity contribution in [2.45, 2.75) is 59.7 Å². The Bertz CT molecular complexity index is 226. The Morgan fingerprint density at radius 1 is 1.14 bits per heavy atom. The van der Waals surface area contributed by atoms with Gasteiger partial charge in [-0.2, -0.15) is 0 Å². The van der Waals surface area contributed by atoms with E-state index < -0.39 is 11.7 Å². The minimum atomic E-state index is -0.749. The molecule has 0 amide bonds. The van der Waals surface area contributed by atoms with Gasteiger partial charge in [0.2, 0.25) is 0 Å². The lowest BCUT2D eigenvalue weighted by Gasteiger charge is -2.41. The van der Waals surface area contributed by atoms with E-state index in [9.17, 15) is 10.2 Å². The van der Waals surface area contributed by atoms with Crippen LogP contribution in [0.1, 0.15) is 48.0 Å². The molecule has 0 aliphatic heterocycles. The summed E-state index contributed by atoms with van der Waals surface area (Å²) in [6, 6.07) is 0. The van der Waals surface area contributed by atoms with Crippen LogP contribution in [0.2, 0.25) is 0 Å². The minimum Gasteiger partial charge on any atom is -0.393 e. The Balaban J connectivity index is 3.14. The first kappa shape index (κ1) is 12.0. The summed E-state index contributed by atoms with van der Waals surface area (Å²) in [5.41, 5.74) is -0.718. The van der Waals surface area contributed by atoms with E-state index in [0.717, 1.165) is 6.42 Å². The molecule has 2 heteroatoms. The number of aliphatic hydroxyl groups is 2. The molecule has 14 heavy (non-hydrogen) atoms. The molecule has 0 aromatic heterocycles. The molecule has 2 nitrogen and oxygen atoms in total. The van der Waals surface area contributed by atoms with Gasteiger partial charge in [0, 0.05) is 5.92 Å². The molecule has 1 fully saturated rings. The molecule has 0 bridgehead atoms. The van der Waals surface area contributed by atoms with E-state index in [-0.39, 0.29) is 16.7 Å². The molecular formula is C12H24O2. The van der Waals surface area contributed by atoms with Gasteiger partial charge in [-0.05, 0) is 31.1 Å². The summed E-state index contributed by atoms with van der Waals surface area (Å²) in [4.78, 5) is 0. The maximum Gasteiger partial charge on any atom is 0.0682 e. The van der Waals surface area contributed by atoms with Gasteiger partial charge in [-0.15, -0.1) is 0 Å². The molecule has 0 aromatic carbocycles. The predicted molar refractivity (Wildman–Crippen MR) is 58.0 cm³/mol. The maximum absolute atomic E-state index is 10.3. The average molecular weight is 200 g/mol. The molecule has 1 rings (SSSR count). The van der Waals surface area contributed by atoms with Crippen LogP contribution >= 0.6 is 0 Å². The smallest absolute Gasteiger partial charge is 0.0682 e. The van der Waals surface area contributed by atoms with Crippen molar-refractivity contribution in [1.82, 2.24) is 0 Å². The van der Waals surface area contributed by atoms with Gasteiger partial charge in [-0.25, -0.2) is 0 Å². The number of hydrogen-bond donors (Lipinski definition) is 2. The van der Waals surface area contributed by atoms with Crippen LogP contribution in [0.25, 0.3) is 0 Å². The van der Waals surface area contributed by atoms with E-state index in [1.54, 1.807) is 6.92 Å². The van der Waals surface area contributed by atoms with Crippen molar-refractivity contribution in [2.75, 3.05) is 0 Å². The Labute approximate surface area is 87.3 Å². The molecule has 1 saturated carbocycles. The Hall–Kier alpha value is -0.0800. The lowest BCUT2D eigenvalue weighted by Crippen LogP contribution is -2.43. The standard InChI is InChI=1S/C12H24O2/c1-8(13)9-11(4,5)10(2,3)7-12(9,6)14/h8-9,13-14H,7H2,1-6H3/t8-,9+,12-/m1/s1. The molecule has 0 unspecified atom stereocenters. The van der Waals surface area contributed by atoms with Crippen molar-refractivity contribution >= 4 is 0 Å². The fourth-order valence-corrected chi connectivity index (χ4v) is 3.55. The van der Waals surface area contributed by atoms with Crippen LogP contribution in [0.4, 0.5) is 0 Å². The summed E-state index contributed by atoms with van der Waals surface area (Å²) in [5, 5.41) is 20.1. The van der Waals surface area contributed by atoms with E-state index in [0.29, 0.717) is 0 Å². The molecule has 84 valence electrons. The molecule has 3 atom stereocenters. The molecule has 0 heterocycles. The average Bonchev–Trinajstić information content (AvgIpc) is 1.90. The van der Waals surface area contributed by atoms with Crippen LogP contribution in [0.3, 0.4) is 0 Å². The molecule has 0 spiro atoms. The highest BCUT2D eigenvalue weighted by Crippen LogP contribution is 2.60. The van der Waals surface area contributed by atoms with Gasteiger partial charge in [0.25, 0.3) is 0 Å². The van der Waals surface area contributed by atoms with Gasteiger partial charge in [0.1, 0.15) is 0 Å². The van der Waals surface area contributed by atoms with E-state index in [1.165, 1.54) is 0 Å². The quantitative estimate of drug-likeness (QED) is 0.681. The number of rotatable bonds is 1.